The molecule has 4 amide bonds. The van der Waals surface area contributed by atoms with Crippen LogP contribution < -0.4 is 10.2 Å². The van der Waals surface area contributed by atoms with Gasteiger partial charge in [-0.2, -0.15) is 0 Å². The first-order chi connectivity index (χ1) is 26.3. The third-order valence-electron chi connectivity index (χ3n) is 13.4. The highest BCUT2D eigenvalue weighted by atomic mass is 16.2. The van der Waals surface area contributed by atoms with Gasteiger partial charge in [-0.15, -0.1) is 0 Å². The van der Waals surface area contributed by atoms with Crippen molar-refractivity contribution < 1.29 is 19.2 Å². The van der Waals surface area contributed by atoms with E-state index < -0.39 is 23.8 Å². The molecule has 7 heterocycles. The van der Waals surface area contributed by atoms with Crippen LogP contribution >= 0.6 is 0 Å². The summed E-state index contributed by atoms with van der Waals surface area (Å²) in [4.78, 5) is 63.6. The lowest BCUT2D eigenvalue weighted by Crippen LogP contribution is -2.54. The second kappa shape index (κ2) is 14.6. The molecule has 54 heavy (non-hydrogen) atoms. The zero-order valence-corrected chi connectivity index (χ0v) is 31.3. The number of amides is 4. The minimum Gasteiger partial charge on any atom is -0.371 e. The number of imide groups is 2. The molecule has 1 atom stereocenters. The number of likely N-dealkylation sites (tertiary alicyclic amines) is 2. The van der Waals surface area contributed by atoms with Gasteiger partial charge < -0.3 is 19.3 Å². The third-order valence-corrected chi connectivity index (χ3v) is 13.4. The van der Waals surface area contributed by atoms with E-state index >= 15 is 0 Å². The topological polar surface area (TPSA) is 111 Å². The molecule has 4 fully saturated rings. The van der Waals surface area contributed by atoms with E-state index in [-0.39, 0.29) is 18.7 Å². The van der Waals surface area contributed by atoms with Gasteiger partial charge in [-0.25, -0.2) is 0 Å². The average molecular weight is 730 g/mol. The number of hydrogen-bond acceptors (Lipinski definition) is 8. The third kappa shape index (κ3) is 6.59. The van der Waals surface area contributed by atoms with Crippen LogP contribution in [0.25, 0.3) is 21.8 Å². The zero-order valence-electron chi connectivity index (χ0n) is 31.3. The highest BCUT2D eigenvalue weighted by molar-refractivity contribution is 6.23. The fraction of sp³-hybridized carbons (Fsp3) is 0.512. The maximum atomic E-state index is 13.3. The molecule has 2 aromatic carbocycles. The number of aryl methyl sites for hydroxylation is 1. The number of pyridine rings is 1. The van der Waals surface area contributed by atoms with E-state index in [1.165, 1.54) is 92.2 Å². The first kappa shape index (κ1) is 35.1. The van der Waals surface area contributed by atoms with Gasteiger partial charge in [0.15, 0.2) is 0 Å². The van der Waals surface area contributed by atoms with Crippen LogP contribution in [0.1, 0.15) is 90.0 Å². The molecule has 0 saturated carbocycles. The largest absolute Gasteiger partial charge is 0.371 e. The lowest BCUT2D eigenvalue weighted by Gasteiger charge is -2.39. The van der Waals surface area contributed by atoms with Crippen LogP contribution in [0, 0.1) is 11.8 Å². The molecule has 0 spiro atoms. The first-order valence-electron chi connectivity index (χ1n) is 20.2. The van der Waals surface area contributed by atoms with Crippen molar-refractivity contribution in [3.8, 4) is 0 Å². The summed E-state index contributed by atoms with van der Waals surface area (Å²) in [6.07, 6.45) is 12.8. The normalized spacial score (nSPS) is 22.9. The van der Waals surface area contributed by atoms with Crippen molar-refractivity contribution in [2.24, 2.45) is 18.9 Å². The molecule has 2 aromatic heterocycles. The molecule has 1 N–H and O–H groups in total. The van der Waals surface area contributed by atoms with Crippen molar-refractivity contribution in [1.29, 1.82) is 0 Å². The van der Waals surface area contributed by atoms with Crippen molar-refractivity contribution in [1.82, 2.24) is 29.6 Å². The summed E-state index contributed by atoms with van der Waals surface area (Å²) in [6.45, 7) is 9.01. The molecule has 282 valence electrons. The van der Waals surface area contributed by atoms with Crippen molar-refractivity contribution in [3.05, 3.63) is 71.5 Å². The SMILES string of the molecule is Cn1c2ccncc2c2ccc(C3CCN(CCC4CCN(CC5CCN(c6ccc7c(c6)C(=O)N(C6CCC(=O)NC6=O)C7=O)CC5)CC4)CC3)cc21. The van der Waals surface area contributed by atoms with Gasteiger partial charge in [0.05, 0.1) is 16.6 Å². The Labute approximate surface area is 316 Å². The van der Waals surface area contributed by atoms with Crippen LogP contribution in [-0.4, -0.2) is 106 Å². The number of carbonyl (C=O) groups is 4. The Morgan fingerprint density at radius 3 is 2.24 bits per heavy atom. The summed E-state index contributed by atoms with van der Waals surface area (Å²) in [5, 5.41) is 4.80. The Morgan fingerprint density at radius 1 is 0.722 bits per heavy atom. The number of nitrogens with one attached hydrogen (secondary N) is 1. The maximum absolute atomic E-state index is 13.3. The fourth-order valence-corrected chi connectivity index (χ4v) is 10.0. The van der Waals surface area contributed by atoms with Crippen molar-refractivity contribution >= 4 is 51.1 Å². The quantitative estimate of drug-likeness (QED) is 0.243. The van der Waals surface area contributed by atoms with Crippen LogP contribution in [0.4, 0.5) is 5.69 Å². The van der Waals surface area contributed by atoms with Crippen LogP contribution in [0.5, 0.6) is 0 Å². The smallest absolute Gasteiger partial charge is 0.262 e. The van der Waals surface area contributed by atoms with Crippen LogP contribution in [0.3, 0.4) is 0 Å². The molecule has 0 bridgehead atoms. The molecule has 4 saturated heterocycles. The predicted molar refractivity (Wildman–Crippen MR) is 208 cm³/mol. The van der Waals surface area contributed by atoms with Crippen LogP contribution in [0.15, 0.2) is 54.9 Å². The summed E-state index contributed by atoms with van der Waals surface area (Å²) in [5.74, 6) is 0.276. The number of fused-ring (bicyclic) bond motifs is 4. The van der Waals surface area contributed by atoms with Crippen molar-refractivity contribution in [2.75, 3.05) is 57.3 Å². The lowest BCUT2D eigenvalue weighted by atomic mass is 9.88. The van der Waals surface area contributed by atoms with E-state index in [1.54, 1.807) is 6.07 Å². The number of anilines is 1. The molecule has 11 nitrogen and oxygen atoms in total. The van der Waals surface area contributed by atoms with Gasteiger partial charge >= 0.3 is 0 Å². The molecule has 4 aromatic rings. The van der Waals surface area contributed by atoms with Crippen LogP contribution in [-0.2, 0) is 16.6 Å². The summed E-state index contributed by atoms with van der Waals surface area (Å²) in [6, 6.07) is 13.7. The van der Waals surface area contributed by atoms with E-state index in [4.69, 9.17) is 0 Å². The molecule has 0 radical (unpaired) electrons. The highest BCUT2D eigenvalue weighted by Gasteiger charge is 2.45. The van der Waals surface area contributed by atoms with Gasteiger partial charge in [0.25, 0.3) is 11.8 Å². The maximum Gasteiger partial charge on any atom is 0.262 e. The van der Waals surface area contributed by atoms with Gasteiger partial charge in [-0.1, -0.05) is 12.1 Å². The molecule has 5 aliphatic rings. The number of nitrogens with zero attached hydrogens (tertiary/aromatic N) is 6. The Bertz CT molecular complexity index is 2100. The molecular weight excluding hydrogens is 679 g/mol. The monoisotopic (exact) mass is 729 g/mol. The molecule has 5 aliphatic heterocycles. The van der Waals surface area contributed by atoms with Crippen molar-refractivity contribution in [3.63, 3.8) is 0 Å². The zero-order chi connectivity index (χ0) is 36.9. The fourth-order valence-electron chi connectivity index (χ4n) is 10.0. The number of aromatic nitrogens is 2. The van der Waals surface area contributed by atoms with E-state index in [0.29, 0.717) is 23.0 Å². The van der Waals surface area contributed by atoms with E-state index in [0.717, 1.165) is 49.0 Å². The molecule has 9 rings (SSSR count). The highest BCUT2D eigenvalue weighted by Crippen LogP contribution is 2.35. The van der Waals surface area contributed by atoms with Crippen molar-refractivity contribution in [2.45, 2.75) is 69.7 Å². The Balaban J connectivity index is 0.700. The van der Waals surface area contributed by atoms with E-state index in [1.807, 2.05) is 24.5 Å². The van der Waals surface area contributed by atoms with E-state index in [2.05, 4.69) is 60.9 Å². The lowest BCUT2D eigenvalue weighted by molar-refractivity contribution is -0.136. The average Bonchev–Trinajstić information content (AvgIpc) is 3.63. The van der Waals surface area contributed by atoms with Gasteiger partial charge in [0, 0.05) is 67.5 Å². The summed E-state index contributed by atoms with van der Waals surface area (Å²) < 4.78 is 2.31. The van der Waals surface area contributed by atoms with Gasteiger partial charge in [0.2, 0.25) is 11.8 Å². The standard InChI is InChI=1S/C43H51N7O4/c1-46-37-8-16-44-26-36(37)33-4-2-31(24-39(33)46)30-14-20-47(21-15-30)17-9-28-10-18-48(19-11-28)27-29-12-22-49(23-13-29)32-3-5-34-35(25-32)43(54)50(42(34)53)38-6-7-40(51)45-41(38)52/h2-5,8,16,24-26,28-30,38H,6-7,9-15,17-23,27H2,1H3,(H,45,51,52). The number of rotatable bonds is 8. The van der Waals surface area contributed by atoms with Crippen LogP contribution in [0.2, 0.25) is 0 Å². The molecule has 1 unspecified atom stereocenters. The first-order valence-corrected chi connectivity index (χ1v) is 20.2. The summed E-state index contributed by atoms with van der Waals surface area (Å²) in [5.41, 5.74) is 5.67. The predicted octanol–water partition coefficient (Wildman–Crippen LogP) is 5.33. The van der Waals surface area contributed by atoms with E-state index in [9.17, 15) is 19.2 Å². The van der Waals surface area contributed by atoms with Gasteiger partial charge in [-0.3, -0.25) is 34.4 Å². The number of carbonyl (C=O) groups excluding carboxylic acids is 4. The minimum absolute atomic E-state index is 0.118. The molecule has 11 heteroatoms. The van der Waals surface area contributed by atoms with Gasteiger partial charge in [-0.05, 0) is 138 Å². The summed E-state index contributed by atoms with van der Waals surface area (Å²) >= 11 is 0. The second-order valence-electron chi connectivity index (χ2n) is 16.5. The summed E-state index contributed by atoms with van der Waals surface area (Å²) in [7, 11) is 2.17. The molecule has 0 aliphatic carbocycles. The Hall–Kier alpha value is -4.61. The minimum atomic E-state index is -0.940. The van der Waals surface area contributed by atoms with Gasteiger partial charge in [0.1, 0.15) is 6.04 Å². The second-order valence-corrected chi connectivity index (χ2v) is 16.5. The molecular formula is C43H51N7O4. The number of piperidine rings is 4. The number of benzene rings is 2. The number of hydrogen-bond donors (Lipinski definition) is 1. The Kier molecular flexibility index (Phi) is 9.47. The Morgan fingerprint density at radius 2 is 1.46 bits per heavy atom.